The maximum atomic E-state index is 12.5. The monoisotopic (exact) mass is 292 g/mol. The molecule has 3 nitrogen and oxygen atoms in total. The summed E-state index contributed by atoms with van der Waals surface area (Å²) in [5.41, 5.74) is 7.52. The second-order valence-electron chi connectivity index (χ2n) is 6.32. The van der Waals surface area contributed by atoms with Crippen LogP contribution in [0.2, 0.25) is 0 Å². The molecule has 0 aliphatic rings. The van der Waals surface area contributed by atoms with E-state index in [1.165, 1.54) is 5.56 Å². The van der Waals surface area contributed by atoms with Crippen LogP contribution in [-0.4, -0.2) is 28.4 Å². The highest BCUT2D eigenvalue weighted by atomic mass is 32.1. The molecule has 0 radical (unpaired) electrons. The fourth-order valence-corrected chi connectivity index (χ4v) is 2.07. The van der Waals surface area contributed by atoms with Crippen molar-refractivity contribution in [3.8, 4) is 0 Å². The van der Waals surface area contributed by atoms with Crippen molar-refractivity contribution in [2.45, 2.75) is 46.1 Å². The summed E-state index contributed by atoms with van der Waals surface area (Å²) in [6, 6.07) is 7.82. The lowest BCUT2D eigenvalue weighted by atomic mass is 9.86. The van der Waals surface area contributed by atoms with Crippen LogP contribution in [0.1, 0.15) is 50.5 Å². The molecular weight excluding hydrogens is 268 g/mol. The number of hydrogen-bond acceptors (Lipinski definition) is 2. The van der Waals surface area contributed by atoms with E-state index in [-0.39, 0.29) is 17.4 Å². The van der Waals surface area contributed by atoms with Gasteiger partial charge in [-0.2, -0.15) is 0 Å². The van der Waals surface area contributed by atoms with Crippen molar-refractivity contribution >= 4 is 23.1 Å². The van der Waals surface area contributed by atoms with E-state index in [2.05, 4.69) is 20.8 Å². The molecule has 1 rings (SSSR count). The van der Waals surface area contributed by atoms with E-state index in [0.717, 1.165) is 0 Å². The molecule has 20 heavy (non-hydrogen) atoms. The quantitative estimate of drug-likeness (QED) is 0.867. The maximum Gasteiger partial charge on any atom is 0.254 e. The molecule has 0 heterocycles. The second kappa shape index (κ2) is 6.35. The van der Waals surface area contributed by atoms with Crippen LogP contribution in [0.25, 0.3) is 0 Å². The van der Waals surface area contributed by atoms with Gasteiger partial charge in [-0.3, -0.25) is 4.79 Å². The summed E-state index contributed by atoms with van der Waals surface area (Å²) in [4.78, 5) is 14.5. The molecule has 0 saturated carbocycles. The number of nitrogens with zero attached hydrogens (tertiary/aromatic N) is 1. The van der Waals surface area contributed by atoms with Crippen LogP contribution in [0.4, 0.5) is 0 Å². The first kappa shape index (κ1) is 16.6. The zero-order valence-electron chi connectivity index (χ0n) is 12.9. The van der Waals surface area contributed by atoms with Gasteiger partial charge < -0.3 is 10.6 Å². The Hall–Kier alpha value is -1.42. The van der Waals surface area contributed by atoms with Gasteiger partial charge in [0.2, 0.25) is 0 Å². The summed E-state index contributed by atoms with van der Waals surface area (Å²) in [6.45, 7) is 10.7. The topological polar surface area (TPSA) is 46.3 Å². The molecule has 0 saturated heterocycles. The molecule has 0 aliphatic heterocycles. The summed E-state index contributed by atoms with van der Waals surface area (Å²) in [6.07, 6.45) is 0. The third-order valence-electron chi connectivity index (χ3n) is 3.21. The first-order chi connectivity index (χ1) is 9.12. The lowest BCUT2D eigenvalue weighted by Crippen LogP contribution is -2.42. The minimum Gasteiger partial charge on any atom is -0.392 e. The predicted octanol–water partition coefficient (Wildman–Crippen LogP) is 3.12. The molecule has 0 aromatic heterocycles. The van der Waals surface area contributed by atoms with E-state index in [1.807, 2.05) is 38.1 Å². The number of amides is 1. The van der Waals surface area contributed by atoms with E-state index in [0.29, 0.717) is 17.1 Å². The summed E-state index contributed by atoms with van der Waals surface area (Å²) >= 11 is 4.91. The largest absolute Gasteiger partial charge is 0.392 e. The molecule has 1 aromatic carbocycles. The van der Waals surface area contributed by atoms with Crippen LogP contribution >= 0.6 is 12.2 Å². The Kier molecular flexibility index (Phi) is 5.28. The molecule has 4 heteroatoms. The zero-order valence-corrected chi connectivity index (χ0v) is 13.8. The fourth-order valence-electron chi connectivity index (χ4n) is 1.94. The third kappa shape index (κ3) is 4.30. The molecule has 0 bridgehead atoms. The third-order valence-corrected chi connectivity index (χ3v) is 3.34. The van der Waals surface area contributed by atoms with Crippen molar-refractivity contribution in [2.75, 3.05) is 6.54 Å². The highest BCUT2D eigenvalue weighted by Gasteiger charge is 2.20. The van der Waals surface area contributed by atoms with Gasteiger partial charge in [0.25, 0.3) is 5.91 Å². The Balaban J connectivity index is 2.98. The first-order valence-corrected chi connectivity index (χ1v) is 7.23. The van der Waals surface area contributed by atoms with Gasteiger partial charge in [-0.05, 0) is 37.0 Å². The lowest BCUT2D eigenvalue weighted by molar-refractivity contribution is 0.0736. The van der Waals surface area contributed by atoms with Gasteiger partial charge in [-0.15, -0.1) is 0 Å². The fraction of sp³-hybridized carbons (Fsp3) is 0.500. The molecule has 110 valence electrons. The molecule has 1 amide bonds. The van der Waals surface area contributed by atoms with Crippen molar-refractivity contribution in [1.29, 1.82) is 0 Å². The van der Waals surface area contributed by atoms with E-state index < -0.39 is 0 Å². The van der Waals surface area contributed by atoms with E-state index in [1.54, 1.807) is 4.90 Å². The molecule has 0 spiro atoms. The number of carbonyl (C=O) groups excluding carboxylic acids is 1. The van der Waals surface area contributed by atoms with E-state index in [4.69, 9.17) is 18.0 Å². The van der Waals surface area contributed by atoms with Crippen LogP contribution in [0.3, 0.4) is 0 Å². The van der Waals surface area contributed by atoms with Crippen LogP contribution in [-0.2, 0) is 5.41 Å². The molecule has 2 N–H and O–H groups in total. The Bertz CT molecular complexity index is 486. The standard InChI is InChI=1S/C16H24N2OS/c1-11(2)18(10-14(17)20)15(19)12-6-8-13(9-7-12)16(3,4)5/h6-9,11H,10H2,1-5H3,(H2,17,20). The van der Waals surface area contributed by atoms with Gasteiger partial charge >= 0.3 is 0 Å². The van der Waals surface area contributed by atoms with Crippen LogP contribution in [0, 0.1) is 0 Å². The lowest BCUT2D eigenvalue weighted by Gasteiger charge is -2.26. The highest BCUT2D eigenvalue weighted by molar-refractivity contribution is 7.80. The van der Waals surface area contributed by atoms with Crippen molar-refractivity contribution in [3.63, 3.8) is 0 Å². The van der Waals surface area contributed by atoms with Gasteiger partial charge in [0.15, 0.2) is 0 Å². The Labute approximate surface area is 127 Å². The number of carbonyl (C=O) groups is 1. The first-order valence-electron chi connectivity index (χ1n) is 6.82. The second-order valence-corrected chi connectivity index (χ2v) is 6.84. The summed E-state index contributed by atoms with van der Waals surface area (Å²) in [5, 5.41) is 0. The smallest absolute Gasteiger partial charge is 0.254 e. The van der Waals surface area contributed by atoms with E-state index in [9.17, 15) is 4.79 Å². The van der Waals surface area contributed by atoms with Crippen molar-refractivity contribution in [3.05, 3.63) is 35.4 Å². The molecule has 0 fully saturated rings. The number of hydrogen-bond donors (Lipinski definition) is 1. The maximum absolute atomic E-state index is 12.5. The van der Waals surface area contributed by atoms with Gasteiger partial charge in [0.1, 0.15) is 0 Å². The van der Waals surface area contributed by atoms with Crippen LogP contribution in [0.15, 0.2) is 24.3 Å². The van der Waals surface area contributed by atoms with Gasteiger partial charge in [-0.25, -0.2) is 0 Å². The SMILES string of the molecule is CC(C)N(CC(N)=S)C(=O)c1ccc(C(C)(C)C)cc1. The number of rotatable bonds is 4. The normalized spacial score (nSPS) is 11.5. The van der Waals surface area contributed by atoms with E-state index >= 15 is 0 Å². The highest BCUT2D eigenvalue weighted by Crippen LogP contribution is 2.22. The predicted molar refractivity (Wildman–Crippen MR) is 88.1 cm³/mol. The van der Waals surface area contributed by atoms with Crippen molar-refractivity contribution in [2.24, 2.45) is 5.73 Å². The molecule has 0 unspecified atom stereocenters. The Morgan fingerprint density at radius 3 is 2.10 bits per heavy atom. The molecular formula is C16H24N2OS. The van der Waals surface area contributed by atoms with Crippen LogP contribution in [0.5, 0.6) is 0 Å². The Morgan fingerprint density at radius 1 is 1.25 bits per heavy atom. The summed E-state index contributed by atoms with van der Waals surface area (Å²) in [7, 11) is 0. The van der Waals surface area contributed by atoms with Gasteiger partial charge in [-0.1, -0.05) is 45.1 Å². The van der Waals surface area contributed by atoms with Gasteiger partial charge in [0, 0.05) is 11.6 Å². The average Bonchev–Trinajstić information content (AvgIpc) is 2.33. The van der Waals surface area contributed by atoms with Crippen molar-refractivity contribution in [1.82, 2.24) is 4.90 Å². The number of nitrogens with two attached hydrogens (primary N) is 1. The minimum absolute atomic E-state index is 0.0340. The molecule has 0 atom stereocenters. The minimum atomic E-state index is -0.0340. The number of thiocarbonyl (C=S) groups is 1. The number of benzene rings is 1. The van der Waals surface area contributed by atoms with Crippen LogP contribution < -0.4 is 5.73 Å². The average molecular weight is 292 g/mol. The van der Waals surface area contributed by atoms with Gasteiger partial charge in [0.05, 0.1) is 11.5 Å². The zero-order chi connectivity index (χ0) is 15.5. The van der Waals surface area contributed by atoms with Crippen molar-refractivity contribution < 1.29 is 4.79 Å². The molecule has 0 aliphatic carbocycles. The summed E-state index contributed by atoms with van der Waals surface area (Å²) in [5.74, 6) is -0.0340. The Morgan fingerprint density at radius 2 is 1.75 bits per heavy atom. The molecule has 1 aromatic rings. The summed E-state index contributed by atoms with van der Waals surface area (Å²) < 4.78 is 0.